The summed E-state index contributed by atoms with van der Waals surface area (Å²) >= 11 is 0. The van der Waals surface area contributed by atoms with Gasteiger partial charge in [0, 0.05) is 31.7 Å². The monoisotopic (exact) mass is 431 g/mol. The molecule has 30 heavy (non-hydrogen) atoms. The number of carbonyl (C=O) groups is 2. The van der Waals surface area contributed by atoms with Crippen LogP contribution < -0.4 is 10.6 Å². The van der Waals surface area contributed by atoms with Gasteiger partial charge in [-0.15, -0.1) is 0 Å². The summed E-state index contributed by atoms with van der Waals surface area (Å²) in [5, 5.41) is 5.28. The molecule has 1 aliphatic heterocycles. The zero-order valence-corrected chi connectivity index (χ0v) is 17.4. The number of benzene rings is 1. The molecule has 3 rings (SSSR count). The second kappa shape index (κ2) is 9.73. The van der Waals surface area contributed by atoms with Crippen LogP contribution in [0.15, 0.2) is 64.8 Å². The average Bonchev–Trinajstić information content (AvgIpc) is 3.26. The van der Waals surface area contributed by atoms with E-state index < -0.39 is 10.0 Å². The Morgan fingerprint density at radius 3 is 2.57 bits per heavy atom. The Morgan fingerprint density at radius 1 is 1.20 bits per heavy atom. The Morgan fingerprint density at radius 2 is 1.90 bits per heavy atom. The molecule has 0 spiro atoms. The first-order chi connectivity index (χ1) is 14.4. The van der Waals surface area contributed by atoms with E-state index in [0.29, 0.717) is 25.8 Å². The molecule has 1 aromatic heterocycles. The van der Waals surface area contributed by atoms with Gasteiger partial charge in [-0.2, -0.15) is 4.31 Å². The number of sulfonamides is 1. The summed E-state index contributed by atoms with van der Waals surface area (Å²) in [5.74, 6) is -0.660. The number of amides is 2. The van der Waals surface area contributed by atoms with Gasteiger partial charge in [0.25, 0.3) is 15.9 Å². The van der Waals surface area contributed by atoms with Gasteiger partial charge in [-0.1, -0.05) is 36.9 Å². The van der Waals surface area contributed by atoms with Crippen LogP contribution in [-0.4, -0.2) is 50.2 Å². The van der Waals surface area contributed by atoms with Crippen LogP contribution in [0.2, 0.25) is 0 Å². The molecular formula is C21H25N3O5S. The standard InChI is InChI=1S/C21H25N3O5S/c1-2-19(25)23-18-9-12-24(13-10-18)30(27,28)20-14-17(15-29-20)21(26)22-11-8-16-6-4-3-5-7-16/h2-7,14-15,18H,1,8-13H2,(H,22,26)(H,23,25). The minimum atomic E-state index is -3.84. The Hall–Kier alpha value is -2.91. The van der Waals surface area contributed by atoms with E-state index in [4.69, 9.17) is 4.42 Å². The molecule has 8 nitrogen and oxygen atoms in total. The predicted molar refractivity (Wildman–Crippen MR) is 111 cm³/mol. The summed E-state index contributed by atoms with van der Waals surface area (Å²) in [4.78, 5) is 23.7. The zero-order chi connectivity index (χ0) is 21.6. The van der Waals surface area contributed by atoms with Crippen LogP contribution in [0.3, 0.4) is 0 Å². The lowest BCUT2D eigenvalue weighted by Gasteiger charge is -2.30. The first kappa shape index (κ1) is 21.8. The third-order valence-electron chi connectivity index (χ3n) is 4.96. The van der Waals surface area contributed by atoms with Gasteiger partial charge in [-0.3, -0.25) is 9.59 Å². The van der Waals surface area contributed by atoms with Crippen LogP contribution in [0.5, 0.6) is 0 Å². The van der Waals surface area contributed by atoms with E-state index in [1.165, 1.54) is 16.4 Å². The van der Waals surface area contributed by atoms with Gasteiger partial charge in [0.1, 0.15) is 6.26 Å². The molecule has 2 amide bonds. The molecule has 2 aromatic rings. The minimum absolute atomic E-state index is 0.0931. The Balaban J connectivity index is 1.54. The van der Waals surface area contributed by atoms with Gasteiger partial charge in [0.15, 0.2) is 0 Å². The number of piperidine rings is 1. The van der Waals surface area contributed by atoms with Crippen LogP contribution in [0.1, 0.15) is 28.8 Å². The zero-order valence-electron chi connectivity index (χ0n) is 16.5. The largest absolute Gasteiger partial charge is 0.451 e. The summed E-state index contributed by atoms with van der Waals surface area (Å²) in [6, 6.07) is 10.9. The smallest absolute Gasteiger partial charge is 0.276 e. The van der Waals surface area contributed by atoms with E-state index in [9.17, 15) is 18.0 Å². The first-order valence-electron chi connectivity index (χ1n) is 9.74. The van der Waals surface area contributed by atoms with Gasteiger partial charge in [-0.05, 0) is 30.9 Å². The van der Waals surface area contributed by atoms with Crippen molar-refractivity contribution in [2.45, 2.75) is 30.4 Å². The van der Waals surface area contributed by atoms with Crippen molar-refractivity contribution in [3.05, 3.63) is 66.4 Å². The van der Waals surface area contributed by atoms with E-state index in [-0.39, 0.29) is 41.6 Å². The van der Waals surface area contributed by atoms with Gasteiger partial charge in [0.2, 0.25) is 11.0 Å². The highest BCUT2D eigenvalue weighted by Crippen LogP contribution is 2.22. The highest BCUT2D eigenvalue weighted by Gasteiger charge is 2.32. The van der Waals surface area contributed by atoms with E-state index >= 15 is 0 Å². The number of furan rings is 1. The van der Waals surface area contributed by atoms with Crippen molar-refractivity contribution in [3.63, 3.8) is 0 Å². The molecule has 0 aliphatic carbocycles. The van der Waals surface area contributed by atoms with Crippen LogP contribution in [-0.2, 0) is 21.2 Å². The second-order valence-electron chi connectivity index (χ2n) is 7.04. The third kappa shape index (κ3) is 5.37. The fourth-order valence-corrected chi connectivity index (χ4v) is 4.66. The van der Waals surface area contributed by atoms with Crippen molar-refractivity contribution < 1.29 is 22.4 Å². The number of hydrogen-bond donors (Lipinski definition) is 2. The maximum absolute atomic E-state index is 12.8. The molecule has 0 saturated carbocycles. The predicted octanol–water partition coefficient (Wildman–Crippen LogP) is 1.71. The van der Waals surface area contributed by atoms with Gasteiger partial charge < -0.3 is 15.1 Å². The number of rotatable bonds is 8. The van der Waals surface area contributed by atoms with Crippen molar-refractivity contribution >= 4 is 21.8 Å². The maximum Gasteiger partial charge on any atom is 0.276 e. The molecular weight excluding hydrogens is 406 g/mol. The van der Waals surface area contributed by atoms with Crippen molar-refractivity contribution in [3.8, 4) is 0 Å². The van der Waals surface area contributed by atoms with E-state index in [1.807, 2.05) is 30.3 Å². The van der Waals surface area contributed by atoms with Crippen molar-refractivity contribution in [1.29, 1.82) is 0 Å². The average molecular weight is 432 g/mol. The summed E-state index contributed by atoms with van der Waals surface area (Å²) < 4.78 is 32.1. The topological polar surface area (TPSA) is 109 Å². The van der Waals surface area contributed by atoms with Crippen LogP contribution in [0, 0.1) is 0 Å². The molecule has 0 radical (unpaired) electrons. The molecule has 1 fully saturated rings. The number of nitrogens with one attached hydrogen (secondary N) is 2. The molecule has 2 heterocycles. The highest BCUT2D eigenvalue weighted by atomic mass is 32.2. The molecule has 1 aliphatic rings. The lowest BCUT2D eigenvalue weighted by molar-refractivity contribution is -0.117. The molecule has 9 heteroatoms. The Labute approximate surface area is 176 Å². The van der Waals surface area contributed by atoms with Crippen molar-refractivity contribution in [1.82, 2.24) is 14.9 Å². The number of carbonyl (C=O) groups excluding carboxylic acids is 2. The van der Waals surface area contributed by atoms with Gasteiger partial charge in [-0.25, -0.2) is 8.42 Å². The first-order valence-corrected chi connectivity index (χ1v) is 11.2. The summed E-state index contributed by atoms with van der Waals surface area (Å²) in [6.07, 6.45) is 4.01. The quantitative estimate of drug-likeness (QED) is 0.619. The minimum Gasteiger partial charge on any atom is -0.451 e. The molecule has 1 aromatic carbocycles. The molecule has 2 N–H and O–H groups in total. The summed E-state index contributed by atoms with van der Waals surface area (Å²) in [5.41, 5.74) is 1.26. The summed E-state index contributed by atoms with van der Waals surface area (Å²) in [7, 11) is -3.84. The SMILES string of the molecule is C=CC(=O)NC1CCN(S(=O)(=O)c2cc(C(=O)NCCc3ccccc3)co2)CC1. The fourth-order valence-electron chi connectivity index (χ4n) is 3.27. The van der Waals surface area contributed by atoms with E-state index in [0.717, 1.165) is 11.8 Å². The van der Waals surface area contributed by atoms with Crippen LogP contribution >= 0.6 is 0 Å². The van der Waals surface area contributed by atoms with Gasteiger partial charge >= 0.3 is 0 Å². The normalized spacial score (nSPS) is 15.5. The van der Waals surface area contributed by atoms with Crippen molar-refractivity contribution in [2.75, 3.05) is 19.6 Å². The summed E-state index contributed by atoms with van der Waals surface area (Å²) in [6.45, 7) is 4.35. The lowest BCUT2D eigenvalue weighted by atomic mass is 10.1. The van der Waals surface area contributed by atoms with E-state index in [1.54, 1.807) is 0 Å². The van der Waals surface area contributed by atoms with Crippen LogP contribution in [0.25, 0.3) is 0 Å². The molecule has 0 bridgehead atoms. The fraction of sp³-hybridized carbons (Fsp3) is 0.333. The van der Waals surface area contributed by atoms with Crippen LogP contribution in [0.4, 0.5) is 0 Å². The Bertz CT molecular complexity index is 993. The third-order valence-corrected chi connectivity index (χ3v) is 6.73. The maximum atomic E-state index is 12.8. The molecule has 1 saturated heterocycles. The van der Waals surface area contributed by atoms with E-state index in [2.05, 4.69) is 17.2 Å². The van der Waals surface area contributed by atoms with Gasteiger partial charge in [0.05, 0.1) is 5.56 Å². The highest BCUT2D eigenvalue weighted by molar-refractivity contribution is 7.89. The second-order valence-corrected chi connectivity index (χ2v) is 8.91. The Kier molecular flexibility index (Phi) is 7.07. The number of hydrogen-bond acceptors (Lipinski definition) is 5. The lowest BCUT2D eigenvalue weighted by Crippen LogP contribution is -2.46. The number of nitrogens with zero attached hydrogens (tertiary/aromatic N) is 1. The van der Waals surface area contributed by atoms with Crippen molar-refractivity contribution in [2.24, 2.45) is 0 Å². The molecule has 0 atom stereocenters. The molecule has 160 valence electrons. The molecule has 0 unspecified atom stereocenters.